The Labute approximate surface area is 119 Å². The Bertz CT molecular complexity index is 588. The predicted molar refractivity (Wildman–Crippen MR) is 74.1 cm³/mol. The quantitative estimate of drug-likeness (QED) is 0.928. The fourth-order valence-corrected chi connectivity index (χ4v) is 4.89. The highest BCUT2D eigenvalue weighted by Gasteiger charge is 2.40. The zero-order chi connectivity index (χ0) is 14.9. The first-order valence-electron chi connectivity index (χ1n) is 6.84. The third kappa shape index (κ3) is 2.60. The lowest BCUT2D eigenvalue weighted by Gasteiger charge is -2.27. The van der Waals surface area contributed by atoms with Gasteiger partial charge in [-0.05, 0) is 43.9 Å². The first-order valence-corrected chi connectivity index (χ1v) is 8.28. The molecule has 1 aromatic rings. The summed E-state index contributed by atoms with van der Waals surface area (Å²) in [5.41, 5.74) is 0.393. The molecule has 1 aliphatic rings. The van der Waals surface area contributed by atoms with E-state index in [-0.39, 0.29) is 23.6 Å². The zero-order valence-electron chi connectivity index (χ0n) is 11.7. The minimum Gasteiger partial charge on any atom is -0.392 e. The Hall–Kier alpha value is -0.980. The molecular weight excluding hydrogens is 281 g/mol. The summed E-state index contributed by atoms with van der Waals surface area (Å²) < 4.78 is 40.8. The molecule has 0 spiro atoms. The highest BCUT2D eigenvalue weighted by Crippen LogP contribution is 2.33. The molecule has 1 saturated heterocycles. The standard InChI is InChI=1S/C14H20FNO3S/c1-3-12-6-4-10(2)16(12)20(18,19)14-8-11(9-17)5-7-13(14)15/h5,7-8,10,12,17H,3-4,6,9H2,1-2H3. The fourth-order valence-electron chi connectivity index (χ4n) is 2.82. The molecule has 1 aromatic carbocycles. The van der Waals surface area contributed by atoms with Crippen molar-refractivity contribution in [2.24, 2.45) is 0 Å². The van der Waals surface area contributed by atoms with Gasteiger partial charge in [-0.1, -0.05) is 13.0 Å². The zero-order valence-corrected chi connectivity index (χ0v) is 12.5. The summed E-state index contributed by atoms with van der Waals surface area (Å²) in [5, 5.41) is 9.10. The van der Waals surface area contributed by atoms with E-state index in [0.29, 0.717) is 12.0 Å². The van der Waals surface area contributed by atoms with Crippen molar-refractivity contribution < 1.29 is 17.9 Å². The van der Waals surface area contributed by atoms with Crippen LogP contribution in [0.5, 0.6) is 0 Å². The molecule has 1 N–H and O–H groups in total. The topological polar surface area (TPSA) is 57.6 Å². The maximum absolute atomic E-state index is 13.9. The molecular formula is C14H20FNO3S. The summed E-state index contributed by atoms with van der Waals surface area (Å²) in [5.74, 6) is -0.767. The van der Waals surface area contributed by atoms with Crippen LogP contribution < -0.4 is 0 Å². The van der Waals surface area contributed by atoms with E-state index in [1.165, 1.54) is 16.4 Å². The summed E-state index contributed by atoms with van der Waals surface area (Å²) in [6.45, 7) is 3.47. The molecule has 0 amide bonds. The van der Waals surface area contributed by atoms with Crippen molar-refractivity contribution in [1.82, 2.24) is 4.31 Å². The van der Waals surface area contributed by atoms with E-state index in [0.717, 1.165) is 18.9 Å². The minimum atomic E-state index is -3.87. The van der Waals surface area contributed by atoms with Gasteiger partial charge in [0.25, 0.3) is 0 Å². The third-order valence-corrected chi connectivity index (χ3v) is 6.00. The second-order valence-corrected chi connectivity index (χ2v) is 7.06. The lowest BCUT2D eigenvalue weighted by atomic mass is 10.2. The van der Waals surface area contributed by atoms with Crippen LogP contribution >= 0.6 is 0 Å². The van der Waals surface area contributed by atoms with Gasteiger partial charge in [-0.25, -0.2) is 12.8 Å². The molecule has 0 aromatic heterocycles. The summed E-state index contributed by atoms with van der Waals surface area (Å²) >= 11 is 0. The molecule has 1 fully saturated rings. The summed E-state index contributed by atoms with van der Waals surface area (Å²) in [6.07, 6.45) is 2.31. The number of aliphatic hydroxyl groups excluding tert-OH is 1. The second-order valence-electron chi connectivity index (χ2n) is 5.25. The van der Waals surface area contributed by atoms with Crippen molar-refractivity contribution in [3.63, 3.8) is 0 Å². The van der Waals surface area contributed by atoms with E-state index in [4.69, 9.17) is 5.11 Å². The fraction of sp³-hybridized carbons (Fsp3) is 0.571. The van der Waals surface area contributed by atoms with Crippen LogP contribution in [0, 0.1) is 5.82 Å². The van der Waals surface area contributed by atoms with Crippen molar-refractivity contribution in [3.05, 3.63) is 29.6 Å². The number of sulfonamides is 1. The molecule has 6 heteroatoms. The highest BCUT2D eigenvalue weighted by molar-refractivity contribution is 7.89. The maximum atomic E-state index is 13.9. The Kier molecular flexibility index (Phi) is 4.46. The molecule has 0 bridgehead atoms. The van der Waals surface area contributed by atoms with Crippen LogP contribution in [0.25, 0.3) is 0 Å². The maximum Gasteiger partial charge on any atom is 0.246 e. The molecule has 112 valence electrons. The van der Waals surface area contributed by atoms with Crippen molar-refractivity contribution >= 4 is 10.0 Å². The summed E-state index contributed by atoms with van der Waals surface area (Å²) in [4.78, 5) is -0.337. The van der Waals surface area contributed by atoms with Crippen molar-refractivity contribution in [1.29, 1.82) is 0 Å². The number of rotatable bonds is 4. The van der Waals surface area contributed by atoms with Crippen LogP contribution in [0.2, 0.25) is 0 Å². The largest absolute Gasteiger partial charge is 0.392 e. The lowest BCUT2D eigenvalue weighted by Crippen LogP contribution is -2.40. The van der Waals surface area contributed by atoms with E-state index in [2.05, 4.69) is 0 Å². The van der Waals surface area contributed by atoms with Crippen LogP contribution in [0.15, 0.2) is 23.1 Å². The average molecular weight is 301 g/mol. The van der Waals surface area contributed by atoms with Gasteiger partial charge in [0.05, 0.1) is 6.61 Å². The van der Waals surface area contributed by atoms with Crippen LogP contribution in [0.1, 0.15) is 38.7 Å². The Morgan fingerprint density at radius 3 is 2.70 bits per heavy atom. The van der Waals surface area contributed by atoms with Gasteiger partial charge in [0.15, 0.2) is 0 Å². The molecule has 0 aliphatic carbocycles. The van der Waals surface area contributed by atoms with Gasteiger partial charge in [0, 0.05) is 12.1 Å². The molecule has 0 saturated carbocycles. The predicted octanol–water partition coefficient (Wildman–Crippen LogP) is 2.27. The first kappa shape index (κ1) is 15.4. The normalized spacial score (nSPS) is 24.2. The molecule has 1 heterocycles. The third-order valence-electron chi connectivity index (χ3n) is 3.92. The number of nitrogens with zero attached hydrogens (tertiary/aromatic N) is 1. The van der Waals surface area contributed by atoms with Gasteiger partial charge in [-0.15, -0.1) is 0 Å². The molecule has 2 unspecified atom stereocenters. The number of benzene rings is 1. The minimum absolute atomic E-state index is 0.0767. The van der Waals surface area contributed by atoms with Gasteiger partial charge in [0.1, 0.15) is 10.7 Å². The summed E-state index contributed by atoms with van der Waals surface area (Å²) in [6, 6.07) is 3.51. The molecule has 1 aliphatic heterocycles. The van der Waals surface area contributed by atoms with Gasteiger partial charge < -0.3 is 5.11 Å². The van der Waals surface area contributed by atoms with E-state index in [1.807, 2.05) is 13.8 Å². The van der Waals surface area contributed by atoms with Crippen LogP contribution in [-0.4, -0.2) is 29.9 Å². The van der Waals surface area contributed by atoms with Crippen molar-refractivity contribution in [2.75, 3.05) is 0 Å². The average Bonchev–Trinajstić information content (AvgIpc) is 2.81. The van der Waals surface area contributed by atoms with Gasteiger partial charge in [-0.2, -0.15) is 4.31 Å². The Morgan fingerprint density at radius 1 is 1.40 bits per heavy atom. The molecule has 4 nitrogen and oxygen atoms in total. The van der Waals surface area contributed by atoms with E-state index < -0.39 is 15.8 Å². The SMILES string of the molecule is CCC1CCC(C)N1S(=O)(=O)c1cc(CO)ccc1F. The van der Waals surface area contributed by atoms with E-state index >= 15 is 0 Å². The molecule has 2 atom stereocenters. The first-order chi connectivity index (χ1) is 9.41. The van der Waals surface area contributed by atoms with Gasteiger partial charge >= 0.3 is 0 Å². The van der Waals surface area contributed by atoms with Gasteiger partial charge in [-0.3, -0.25) is 0 Å². The number of hydrogen-bond donors (Lipinski definition) is 1. The molecule has 20 heavy (non-hydrogen) atoms. The Balaban J connectivity index is 2.49. The number of hydrogen-bond acceptors (Lipinski definition) is 3. The highest BCUT2D eigenvalue weighted by atomic mass is 32.2. The molecule has 2 rings (SSSR count). The summed E-state index contributed by atoms with van der Waals surface area (Å²) in [7, 11) is -3.87. The van der Waals surface area contributed by atoms with E-state index in [1.54, 1.807) is 0 Å². The lowest BCUT2D eigenvalue weighted by molar-refractivity contribution is 0.281. The Morgan fingerprint density at radius 2 is 2.10 bits per heavy atom. The van der Waals surface area contributed by atoms with Crippen LogP contribution in [0.3, 0.4) is 0 Å². The number of aliphatic hydroxyl groups is 1. The smallest absolute Gasteiger partial charge is 0.246 e. The van der Waals surface area contributed by atoms with Crippen molar-refractivity contribution in [2.45, 2.75) is 56.7 Å². The van der Waals surface area contributed by atoms with Crippen LogP contribution in [0.4, 0.5) is 4.39 Å². The van der Waals surface area contributed by atoms with Gasteiger partial charge in [0.2, 0.25) is 10.0 Å². The second kappa shape index (κ2) is 5.79. The van der Waals surface area contributed by atoms with Crippen LogP contribution in [-0.2, 0) is 16.6 Å². The number of halogens is 1. The van der Waals surface area contributed by atoms with E-state index in [9.17, 15) is 12.8 Å². The molecule has 0 radical (unpaired) electrons. The van der Waals surface area contributed by atoms with Crippen molar-refractivity contribution in [3.8, 4) is 0 Å². The monoisotopic (exact) mass is 301 g/mol.